The summed E-state index contributed by atoms with van der Waals surface area (Å²) in [5.74, 6) is 0.481. The lowest BCUT2D eigenvalue weighted by Crippen LogP contribution is -1.92. The van der Waals surface area contributed by atoms with Crippen LogP contribution in [0.25, 0.3) is 0 Å². The smallest absolute Gasteiger partial charge is 0.205 e. The van der Waals surface area contributed by atoms with Gasteiger partial charge in [-0.2, -0.15) is 5.10 Å². The molecule has 1 heterocycles. The van der Waals surface area contributed by atoms with Gasteiger partial charge in [0.05, 0.1) is 11.2 Å². The first kappa shape index (κ1) is 13.3. The molecule has 0 saturated heterocycles. The number of nitrogen functional groups attached to an aromatic ring is 1. The van der Waals surface area contributed by atoms with Crippen LogP contribution in [0, 0.1) is 6.92 Å². The number of halogens is 2. The zero-order valence-electron chi connectivity index (χ0n) is 9.45. The van der Waals surface area contributed by atoms with Crippen molar-refractivity contribution in [2.45, 2.75) is 6.92 Å². The van der Waals surface area contributed by atoms with E-state index in [-0.39, 0.29) is 0 Å². The third kappa shape index (κ3) is 3.22. The minimum Gasteiger partial charge on any atom is -0.383 e. The van der Waals surface area contributed by atoms with Crippen molar-refractivity contribution < 1.29 is 0 Å². The predicted octanol–water partition coefficient (Wildman–Crippen LogP) is 3.90. The number of nitrogens with two attached hydrogens (primary N) is 1. The Balaban J connectivity index is 2.14. The molecule has 1 aromatic carbocycles. The Bertz CT molecular complexity index is 597. The van der Waals surface area contributed by atoms with Crippen LogP contribution >= 0.6 is 38.9 Å². The van der Waals surface area contributed by atoms with Crippen molar-refractivity contribution in [3.63, 3.8) is 0 Å². The topological polar surface area (TPSA) is 63.3 Å². The van der Waals surface area contributed by atoms with Gasteiger partial charge in [0.2, 0.25) is 5.13 Å². The Hall–Kier alpha value is -1.11. The molecule has 18 heavy (non-hydrogen) atoms. The molecule has 2 aromatic rings. The van der Waals surface area contributed by atoms with Gasteiger partial charge in [-0.25, -0.2) is 4.98 Å². The van der Waals surface area contributed by atoms with E-state index < -0.39 is 0 Å². The van der Waals surface area contributed by atoms with Gasteiger partial charge < -0.3 is 5.73 Å². The summed E-state index contributed by atoms with van der Waals surface area (Å²) < 4.78 is 0.851. The van der Waals surface area contributed by atoms with Crippen LogP contribution in [0.15, 0.2) is 27.1 Å². The molecule has 1 aromatic heterocycles. The third-order valence-corrected chi connectivity index (χ3v) is 4.13. The highest BCUT2D eigenvalue weighted by Gasteiger charge is 2.03. The standard InChI is InChI=1S/C11H10BrClN4S/c1-6-2-7(10(13)8(12)3-6)4-15-17-11-16-9(14)5-18-11/h2-5H,14H2,1H3,(H,16,17). The highest BCUT2D eigenvalue weighted by Crippen LogP contribution is 2.26. The summed E-state index contributed by atoms with van der Waals surface area (Å²) in [6.07, 6.45) is 1.65. The van der Waals surface area contributed by atoms with E-state index in [0.29, 0.717) is 16.0 Å². The molecule has 0 saturated carbocycles. The van der Waals surface area contributed by atoms with Crippen molar-refractivity contribution in [1.29, 1.82) is 0 Å². The minimum atomic E-state index is 0.481. The number of anilines is 2. The fraction of sp³-hybridized carbons (Fsp3) is 0.0909. The Morgan fingerprint density at radius 1 is 1.56 bits per heavy atom. The number of benzene rings is 1. The van der Waals surface area contributed by atoms with Crippen LogP contribution in [-0.2, 0) is 0 Å². The van der Waals surface area contributed by atoms with E-state index in [4.69, 9.17) is 17.3 Å². The molecule has 2 rings (SSSR count). The summed E-state index contributed by atoms with van der Waals surface area (Å²) >= 11 is 10.9. The van der Waals surface area contributed by atoms with Crippen LogP contribution < -0.4 is 11.2 Å². The molecule has 3 N–H and O–H groups in total. The second-order valence-electron chi connectivity index (χ2n) is 3.60. The van der Waals surface area contributed by atoms with E-state index in [2.05, 4.69) is 31.4 Å². The highest BCUT2D eigenvalue weighted by molar-refractivity contribution is 9.10. The first-order valence-corrected chi connectivity index (χ1v) is 7.07. The van der Waals surface area contributed by atoms with Crippen molar-refractivity contribution in [3.8, 4) is 0 Å². The van der Waals surface area contributed by atoms with Crippen molar-refractivity contribution >= 4 is 56.0 Å². The summed E-state index contributed by atoms with van der Waals surface area (Å²) in [6.45, 7) is 1.99. The number of hydrogen-bond acceptors (Lipinski definition) is 5. The molecule has 0 aliphatic rings. The van der Waals surface area contributed by atoms with Crippen LogP contribution in [0.3, 0.4) is 0 Å². The molecular formula is C11H10BrClN4S. The quantitative estimate of drug-likeness (QED) is 0.655. The highest BCUT2D eigenvalue weighted by atomic mass is 79.9. The number of nitrogens with zero attached hydrogens (tertiary/aromatic N) is 2. The molecule has 0 fully saturated rings. The number of aryl methyl sites for hydroxylation is 1. The molecular weight excluding hydrogens is 336 g/mol. The summed E-state index contributed by atoms with van der Waals surface area (Å²) in [6, 6.07) is 3.91. The summed E-state index contributed by atoms with van der Waals surface area (Å²) in [7, 11) is 0. The molecule has 0 aliphatic carbocycles. The maximum atomic E-state index is 6.15. The van der Waals surface area contributed by atoms with E-state index in [0.717, 1.165) is 15.6 Å². The van der Waals surface area contributed by atoms with Gasteiger partial charge in [0.15, 0.2) is 0 Å². The maximum Gasteiger partial charge on any atom is 0.205 e. The van der Waals surface area contributed by atoms with Crippen LogP contribution in [-0.4, -0.2) is 11.2 Å². The maximum absolute atomic E-state index is 6.15. The van der Waals surface area contributed by atoms with Gasteiger partial charge in [0, 0.05) is 15.4 Å². The first-order chi connectivity index (χ1) is 8.56. The first-order valence-electron chi connectivity index (χ1n) is 5.02. The van der Waals surface area contributed by atoms with Gasteiger partial charge in [-0.15, -0.1) is 11.3 Å². The summed E-state index contributed by atoms with van der Waals surface area (Å²) in [5, 5.41) is 7.10. The molecule has 0 radical (unpaired) electrons. The molecule has 94 valence electrons. The van der Waals surface area contributed by atoms with E-state index >= 15 is 0 Å². The third-order valence-electron chi connectivity index (χ3n) is 2.09. The fourth-order valence-electron chi connectivity index (χ4n) is 1.34. The number of rotatable bonds is 3. The Kier molecular flexibility index (Phi) is 4.21. The molecule has 4 nitrogen and oxygen atoms in total. The van der Waals surface area contributed by atoms with Gasteiger partial charge in [-0.1, -0.05) is 11.6 Å². The lowest BCUT2D eigenvalue weighted by Gasteiger charge is -2.03. The van der Waals surface area contributed by atoms with Crippen LogP contribution in [0.5, 0.6) is 0 Å². The molecule has 0 bridgehead atoms. The van der Waals surface area contributed by atoms with Crippen LogP contribution in [0.1, 0.15) is 11.1 Å². The number of aromatic nitrogens is 1. The minimum absolute atomic E-state index is 0.481. The normalized spacial score (nSPS) is 11.1. The largest absolute Gasteiger partial charge is 0.383 e. The Morgan fingerprint density at radius 2 is 2.33 bits per heavy atom. The van der Waals surface area contributed by atoms with Gasteiger partial charge in [-0.3, -0.25) is 5.43 Å². The molecule has 7 heteroatoms. The number of hydrogen-bond donors (Lipinski definition) is 2. The van der Waals surface area contributed by atoms with Crippen LogP contribution in [0.2, 0.25) is 5.02 Å². The molecule has 0 spiro atoms. The lowest BCUT2D eigenvalue weighted by molar-refractivity contribution is 1.29. The van der Waals surface area contributed by atoms with Crippen molar-refractivity contribution in [1.82, 2.24) is 4.98 Å². The summed E-state index contributed by atoms with van der Waals surface area (Å²) in [5.41, 5.74) is 10.2. The average Bonchev–Trinajstić information content (AvgIpc) is 2.71. The van der Waals surface area contributed by atoms with E-state index in [1.165, 1.54) is 11.3 Å². The van der Waals surface area contributed by atoms with E-state index in [9.17, 15) is 0 Å². The van der Waals surface area contributed by atoms with Crippen molar-refractivity contribution in [2.75, 3.05) is 11.2 Å². The summed E-state index contributed by atoms with van der Waals surface area (Å²) in [4.78, 5) is 4.03. The van der Waals surface area contributed by atoms with E-state index in [1.54, 1.807) is 11.6 Å². The SMILES string of the molecule is Cc1cc(Br)c(Cl)c(C=NNc2nc(N)cs2)c1. The second kappa shape index (κ2) is 5.69. The van der Waals surface area contributed by atoms with Gasteiger partial charge in [0.1, 0.15) is 5.82 Å². The Labute approximate surface area is 122 Å². The molecule has 0 amide bonds. The monoisotopic (exact) mass is 344 g/mol. The average molecular weight is 346 g/mol. The molecule has 0 unspecified atom stereocenters. The molecule has 0 aliphatic heterocycles. The van der Waals surface area contributed by atoms with Gasteiger partial charge in [0.25, 0.3) is 0 Å². The second-order valence-corrected chi connectivity index (χ2v) is 5.69. The Morgan fingerprint density at radius 3 is 3.00 bits per heavy atom. The van der Waals surface area contributed by atoms with Crippen molar-refractivity contribution in [3.05, 3.63) is 38.1 Å². The predicted molar refractivity (Wildman–Crippen MR) is 81.6 cm³/mol. The fourth-order valence-corrected chi connectivity index (χ4v) is 2.64. The van der Waals surface area contributed by atoms with Crippen molar-refractivity contribution in [2.24, 2.45) is 5.10 Å². The zero-order chi connectivity index (χ0) is 13.1. The number of thiazole rings is 1. The van der Waals surface area contributed by atoms with E-state index in [1.807, 2.05) is 19.1 Å². The van der Waals surface area contributed by atoms with Gasteiger partial charge >= 0.3 is 0 Å². The number of hydrazone groups is 1. The number of nitrogens with one attached hydrogen (secondary N) is 1. The van der Waals surface area contributed by atoms with Gasteiger partial charge in [-0.05, 0) is 40.5 Å². The lowest BCUT2D eigenvalue weighted by atomic mass is 10.1. The van der Waals surface area contributed by atoms with Crippen LogP contribution in [0.4, 0.5) is 10.9 Å². The molecule has 0 atom stereocenters. The zero-order valence-corrected chi connectivity index (χ0v) is 12.6.